The molecule has 4 nitrogen and oxygen atoms in total. The number of aliphatic carboxylic acids is 1. The third kappa shape index (κ3) is 6.87. The van der Waals surface area contributed by atoms with Crippen LogP contribution in [0, 0.1) is 11.8 Å². The predicted molar refractivity (Wildman–Crippen MR) is 92.0 cm³/mol. The number of unbranched alkanes of at least 4 members (excludes halogenated alkanes) is 3. The molecule has 126 valence electrons. The lowest BCUT2D eigenvalue weighted by molar-refractivity contribution is -0.136. The fraction of sp³-hybridized carbons (Fsp3) is 0.500. The Kier molecular flexibility index (Phi) is 9.08. The van der Waals surface area contributed by atoms with Crippen molar-refractivity contribution < 1.29 is 18.8 Å². The smallest absolute Gasteiger partial charge is 0.319 e. The van der Waals surface area contributed by atoms with Gasteiger partial charge < -0.3 is 9.84 Å². The van der Waals surface area contributed by atoms with E-state index < -0.39 is 22.0 Å². The number of carboxylic acids is 1. The summed E-state index contributed by atoms with van der Waals surface area (Å²) in [6.45, 7) is 4.14. The quantitative estimate of drug-likeness (QED) is 0.523. The summed E-state index contributed by atoms with van der Waals surface area (Å²) in [6, 6.07) is 6.71. The van der Waals surface area contributed by atoms with E-state index in [0.29, 0.717) is 23.7 Å². The molecule has 0 unspecified atom stereocenters. The first-order valence-corrected chi connectivity index (χ1v) is 9.07. The molecule has 0 saturated heterocycles. The van der Waals surface area contributed by atoms with Crippen LogP contribution in [0.4, 0.5) is 0 Å². The van der Waals surface area contributed by atoms with Gasteiger partial charge in [0.2, 0.25) is 0 Å². The van der Waals surface area contributed by atoms with Crippen molar-refractivity contribution in [1.29, 1.82) is 0 Å². The highest BCUT2D eigenvalue weighted by Crippen LogP contribution is 2.20. The molecule has 1 N–H and O–H groups in total. The lowest BCUT2D eigenvalue weighted by Gasteiger charge is -2.12. The number of rotatable bonds is 10. The fourth-order valence-electron chi connectivity index (χ4n) is 2.10. The molecular formula is C18H24O4S. The first kappa shape index (κ1) is 19.2. The van der Waals surface area contributed by atoms with Gasteiger partial charge in [-0.15, -0.1) is 5.92 Å². The van der Waals surface area contributed by atoms with Crippen LogP contribution in [0.25, 0.3) is 0 Å². The van der Waals surface area contributed by atoms with E-state index in [2.05, 4.69) is 18.8 Å². The van der Waals surface area contributed by atoms with Gasteiger partial charge in [0.05, 0.1) is 10.8 Å². The van der Waals surface area contributed by atoms with E-state index in [9.17, 15) is 14.1 Å². The predicted octanol–water partition coefficient (Wildman–Crippen LogP) is 3.62. The third-order valence-electron chi connectivity index (χ3n) is 3.40. The van der Waals surface area contributed by atoms with Crippen LogP contribution in [0.15, 0.2) is 29.2 Å². The van der Waals surface area contributed by atoms with Gasteiger partial charge in [-0.2, -0.15) is 0 Å². The molecule has 0 radical (unpaired) electrons. The van der Waals surface area contributed by atoms with E-state index in [1.165, 1.54) is 0 Å². The van der Waals surface area contributed by atoms with Crippen molar-refractivity contribution in [3.63, 3.8) is 0 Å². The Balaban J connectivity index is 2.67. The summed E-state index contributed by atoms with van der Waals surface area (Å²) in [5.74, 6) is 5.15. The van der Waals surface area contributed by atoms with Gasteiger partial charge in [-0.1, -0.05) is 38.5 Å². The highest BCUT2D eigenvalue weighted by molar-refractivity contribution is 7.86. The molecule has 2 atom stereocenters. The van der Waals surface area contributed by atoms with E-state index in [4.69, 9.17) is 4.74 Å². The molecular weight excluding hydrogens is 312 g/mol. The zero-order valence-corrected chi connectivity index (χ0v) is 14.5. The van der Waals surface area contributed by atoms with E-state index in [0.717, 1.165) is 25.7 Å². The summed E-state index contributed by atoms with van der Waals surface area (Å²) >= 11 is 0. The van der Waals surface area contributed by atoms with E-state index in [-0.39, 0.29) is 0 Å². The van der Waals surface area contributed by atoms with E-state index in [1.807, 2.05) is 0 Å². The first-order chi connectivity index (χ1) is 11.1. The molecule has 0 spiro atoms. The minimum Gasteiger partial charge on any atom is -0.481 e. The Morgan fingerprint density at radius 3 is 2.52 bits per heavy atom. The fourth-order valence-corrected chi connectivity index (χ4v) is 3.40. The van der Waals surface area contributed by atoms with Crippen LogP contribution >= 0.6 is 0 Å². The van der Waals surface area contributed by atoms with Gasteiger partial charge in [0, 0.05) is 4.90 Å². The molecule has 0 aromatic heterocycles. The van der Waals surface area contributed by atoms with Crippen LogP contribution in [0.5, 0.6) is 5.75 Å². The summed E-state index contributed by atoms with van der Waals surface area (Å²) in [5, 5.41) is 8.47. The lowest BCUT2D eigenvalue weighted by Crippen LogP contribution is -2.25. The molecule has 23 heavy (non-hydrogen) atoms. The monoisotopic (exact) mass is 336 g/mol. The average molecular weight is 336 g/mol. The summed E-state index contributed by atoms with van der Waals surface area (Å²) in [5.41, 5.74) is 0. The summed E-state index contributed by atoms with van der Waals surface area (Å²) in [7, 11) is -1.56. The van der Waals surface area contributed by atoms with Gasteiger partial charge in [0.25, 0.3) is 0 Å². The highest BCUT2D eigenvalue weighted by atomic mass is 32.2. The Labute approximate surface area is 140 Å². The molecule has 5 heteroatoms. The van der Waals surface area contributed by atoms with Crippen molar-refractivity contribution in [3.05, 3.63) is 24.3 Å². The van der Waals surface area contributed by atoms with Crippen molar-refractivity contribution in [1.82, 2.24) is 0 Å². The van der Waals surface area contributed by atoms with Crippen molar-refractivity contribution in [2.45, 2.75) is 56.1 Å². The highest BCUT2D eigenvalue weighted by Gasteiger charge is 2.25. The van der Waals surface area contributed by atoms with Gasteiger partial charge in [0.15, 0.2) is 0 Å². The van der Waals surface area contributed by atoms with Crippen molar-refractivity contribution in [3.8, 4) is 17.6 Å². The maximum Gasteiger partial charge on any atom is 0.319 e. The van der Waals surface area contributed by atoms with Crippen molar-refractivity contribution in [2.24, 2.45) is 0 Å². The number of benzene rings is 1. The number of carboxylic acid groups (broad SMARTS) is 1. The maximum absolute atomic E-state index is 12.5. The largest absolute Gasteiger partial charge is 0.481 e. The summed E-state index contributed by atoms with van der Waals surface area (Å²) in [4.78, 5) is 11.9. The average Bonchev–Trinajstić information content (AvgIpc) is 2.55. The van der Waals surface area contributed by atoms with Crippen molar-refractivity contribution >= 4 is 16.8 Å². The zero-order chi connectivity index (χ0) is 17.1. The molecule has 0 aliphatic rings. The van der Waals surface area contributed by atoms with Gasteiger partial charge in [0.1, 0.15) is 17.6 Å². The van der Waals surface area contributed by atoms with Crippen LogP contribution in [-0.4, -0.2) is 27.1 Å². The van der Waals surface area contributed by atoms with E-state index >= 15 is 0 Å². The Bertz CT molecular complexity index is 569. The molecule has 0 amide bonds. The summed E-state index contributed by atoms with van der Waals surface area (Å²) < 4.78 is 17.9. The van der Waals surface area contributed by atoms with Gasteiger partial charge in [-0.25, -0.2) is 0 Å². The molecule has 0 saturated carbocycles. The van der Waals surface area contributed by atoms with Gasteiger partial charge in [-0.05, 0) is 37.6 Å². The normalized spacial score (nSPS) is 12.8. The van der Waals surface area contributed by atoms with Crippen LogP contribution in [0.3, 0.4) is 0 Å². The van der Waals surface area contributed by atoms with Crippen LogP contribution in [-0.2, 0) is 15.6 Å². The minimum atomic E-state index is -1.56. The second-order valence-electron chi connectivity index (χ2n) is 5.16. The molecule has 0 bridgehead atoms. The second-order valence-corrected chi connectivity index (χ2v) is 6.80. The molecule has 0 heterocycles. The number of ether oxygens (including phenoxy) is 1. The standard InChI is InChI=1S/C18H24O4S/c1-3-5-7-8-9-17(18(19)20)23(21)16-12-10-15(11-13-16)22-14-6-4-2/h10-13,17H,3,5,7-9,14H2,1-2H3,(H,19,20)/t17-,23+/m0/s1. The van der Waals surface area contributed by atoms with E-state index in [1.54, 1.807) is 31.2 Å². The second kappa shape index (κ2) is 10.8. The molecule has 1 aromatic carbocycles. The Morgan fingerprint density at radius 2 is 1.96 bits per heavy atom. The molecule has 1 rings (SSSR count). The van der Waals surface area contributed by atoms with Crippen LogP contribution in [0.2, 0.25) is 0 Å². The molecule has 0 fully saturated rings. The zero-order valence-electron chi connectivity index (χ0n) is 13.7. The summed E-state index contributed by atoms with van der Waals surface area (Å²) in [6.07, 6.45) is 4.36. The Hall–Kier alpha value is -1.80. The Morgan fingerprint density at radius 1 is 1.26 bits per heavy atom. The van der Waals surface area contributed by atoms with Crippen LogP contribution in [0.1, 0.15) is 46.0 Å². The van der Waals surface area contributed by atoms with Crippen LogP contribution < -0.4 is 4.74 Å². The SMILES string of the molecule is CC#CCOc1ccc([S@@](=O)[C@@H](CCCCCC)C(=O)O)cc1. The molecule has 0 aliphatic carbocycles. The van der Waals surface area contributed by atoms with Crippen molar-refractivity contribution in [2.75, 3.05) is 6.61 Å². The maximum atomic E-state index is 12.5. The molecule has 1 aromatic rings. The number of hydrogen-bond acceptors (Lipinski definition) is 3. The number of hydrogen-bond donors (Lipinski definition) is 1. The number of carbonyl (C=O) groups is 1. The lowest BCUT2D eigenvalue weighted by atomic mass is 10.1. The minimum absolute atomic E-state index is 0.300. The van der Waals surface area contributed by atoms with Gasteiger partial charge >= 0.3 is 5.97 Å². The third-order valence-corrected chi connectivity index (χ3v) is 5.09. The molecule has 0 aliphatic heterocycles. The van der Waals surface area contributed by atoms with Gasteiger partial charge in [-0.3, -0.25) is 9.00 Å². The first-order valence-electron chi connectivity index (χ1n) is 7.86. The topological polar surface area (TPSA) is 63.6 Å².